The molecule has 0 radical (unpaired) electrons. The first-order valence-corrected chi connectivity index (χ1v) is 7.42. The summed E-state index contributed by atoms with van der Waals surface area (Å²) in [4.78, 5) is 12.3. The molecule has 0 fully saturated rings. The molecule has 0 aliphatic carbocycles. The maximum absolute atomic E-state index is 12.3. The molecule has 19 heavy (non-hydrogen) atoms. The Morgan fingerprint density at radius 1 is 1.32 bits per heavy atom. The second-order valence-electron chi connectivity index (χ2n) is 5.31. The van der Waals surface area contributed by atoms with Crippen molar-refractivity contribution < 1.29 is 4.79 Å². The molecule has 0 saturated carbocycles. The number of nitrogens with one attached hydrogen (secondary N) is 2. The van der Waals surface area contributed by atoms with Gasteiger partial charge in [0.15, 0.2) is 0 Å². The van der Waals surface area contributed by atoms with Gasteiger partial charge in [0.1, 0.15) is 0 Å². The molecule has 0 spiro atoms. The Hall–Kier alpha value is -1.51. The van der Waals surface area contributed by atoms with E-state index in [2.05, 4.69) is 36.6 Å². The number of amides is 1. The van der Waals surface area contributed by atoms with Crippen LogP contribution in [0.4, 0.5) is 11.4 Å². The smallest absolute Gasteiger partial charge is 0.227 e. The Labute approximate surface area is 115 Å². The zero-order valence-electron chi connectivity index (χ0n) is 12.0. The van der Waals surface area contributed by atoms with Gasteiger partial charge in [-0.05, 0) is 43.0 Å². The van der Waals surface area contributed by atoms with Crippen LogP contribution >= 0.6 is 0 Å². The Balaban J connectivity index is 2.01. The molecule has 2 N–H and O–H groups in total. The highest BCUT2D eigenvalue weighted by Gasteiger charge is 2.17. The van der Waals surface area contributed by atoms with Crippen molar-refractivity contribution in [3.8, 4) is 0 Å². The van der Waals surface area contributed by atoms with Crippen LogP contribution < -0.4 is 10.6 Å². The molecule has 1 aliphatic rings. The van der Waals surface area contributed by atoms with Crippen LogP contribution in [0, 0.1) is 5.92 Å². The van der Waals surface area contributed by atoms with Gasteiger partial charge in [-0.2, -0.15) is 0 Å². The molecular weight excluding hydrogens is 236 g/mol. The first-order chi connectivity index (χ1) is 9.24. The minimum atomic E-state index is 0.154. The average molecular weight is 260 g/mol. The summed E-state index contributed by atoms with van der Waals surface area (Å²) in [5.74, 6) is 0.330. The van der Waals surface area contributed by atoms with Gasteiger partial charge in [-0.15, -0.1) is 0 Å². The summed E-state index contributed by atoms with van der Waals surface area (Å²) in [6, 6.07) is 6.15. The minimum Gasteiger partial charge on any atom is -0.384 e. The molecule has 1 amide bonds. The van der Waals surface area contributed by atoms with Crippen molar-refractivity contribution in [3.63, 3.8) is 0 Å². The molecule has 1 aromatic carbocycles. The molecule has 3 nitrogen and oxygen atoms in total. The lowest BCUT2D eigenvalue weighted by Crippen LogP contribution is -2.22. The summed E-state index contributed by atoms with van der Waals surface area (Å²) in [5, 5.41) is 6.41. The number of carbonyl (C=O) groups excluding carboxylic acids is 1. The summed E-state index contributed by atoms with van der Waals surface area (Å²) in [6.07, 6.45) is 5.13. The van der Waals surface area contributed by atoms with Gasteiger partial charge in [-0.3, -0.25) is 4.79 Å². The fourth-order valence-corrected chi connectivity index (χ4v) is 2.73. The Morgan fingerprint density at radius 2 is 2.05 bits per heavy atom. The highest BCUT2D eigenvalue weighted by Crippen LogP contribution is 2.26. The van der Waals surface area contributed by atoms with Crippen LogP contribution in [0.1, 0.15) is 45.1 Å². The van der Waals surface area contributed by atoms with E-state index in [0.29, 0.717) is 0 Å². The largest absolute Gasteiger partial charge is 0.384 e. The fraction of sp³-hybridized carbons (Fsp3) is 0.562. The predicted octanol–water partition coefficient (Wildman–Crippen LogP) is 3.81. The standard InChI is InChI=1S/C16H24N2O/c1-3-5-12(6-4-2)16(19)18-14-7-8-15-13(11-14)9-10-17-15/h7-8,11-12,17H,3-6,9-10H2,1-2H3,(H,18,19). The number of anilines is 2. The molecule has 1 aliphatic heterocycles. The van der Waals surface area contributed by atoms with Gasteiger partial charge in [0, 0.05) is 23.8 Å². The summed E-state index contributed by atoms with van der Waals surface area (Å²) in [6.45, 7) is 5.27. The molecule has 0 atom stereocenters. The van der Waals surface area contributed by atoms with Crippen molar-refractivity contribution in [1.29, 1.82) is 0 Å². The van der Waals surface area contributed by atoms with Gasteiger partial charge in [0.25, 0.3) is 0 Å². The third-order valence-electron chi connectivity index (χ3n) is 3.73. The van der Waals surface area contributed by atoms with Gasteiger partial charge in [0.2, 0.25) is 5.91 Å². The fourth-order valence-electron chi connectivity index (χ4n) is 2.73. The van der Waals surface area contributed by atoms with E-state index in [9.17, 15) is 4.79 Å². The quantitative estimate of drug-likeness (QED) is 0.816. The molecule has 0 unspecified atom stereocenters. The van der Waals surface area contributed by atoms with Crippen molar-refractivity contribution in [2.45, 2.75) is 46.0 Å². The van der Waals surface area contributed by atoms with Crippen molar-refractivity contribution >= 4 is 17.3 Å². The zero-order chi connectivity index (χ0) is 13.7. The van der Waals surface area contributed by atoms with E-state index in [0.717, 1.165) is 44.3 Å². The first-order valence-electron chi connectivity index (χ1n) is 7.42. The van der Waals surface area contributed by atoms with E-state index in [4.69, 9.17) is 0 Å². The van der Waals surface area contributed by atoms with Crippen LogP contribution in [-0.4, -0.2) is 12.5 Å². The van der Waals surface area contributed by atoms with Gasteiger partial charge in [-0.25, -0.2) is 0 Å². The second-order valence-corrected chi connectivity index (χ2v) is 5.31. The number of hydrogen-bond donors (Lipinski definition) is 2. The SMILES string of the molecule is CCCC(CCC)C(=O)Nc1ccc2c(c1)CCN2. The molecule has 1 aromatic rings. The molecule has 3 heteroatoms. The van der Waals surface area contributed by atoms with Gasteiger partial charge in [-0.1, -0.05) is 26.7 Å². The normalized spacial score (nSPS) is 13.2. The highest BCUT2D eigenvalue weighted by molar-refractivity contribution is 5.93. The van der Waals surface area contributed by atoms with Crippen LogP contribution in [0.5, 0.6) is 0 Å². The van der Waals surface area contributed by atoms with E-state index in [1.807, 2.05) is 6.07 Å². The van der Waals surface area contributed by atoms with Crippen molar-refractivity contribution in [3.05, 3.63) is 23.8 Å². The maximum Gasteiger partial charge on any atom is 0.227 e. The summed E-state index contributed by atoms with van der Waals surface area (Å²) >= 11 is 0. The number of rotatable bonds is 6. The third kappa shape index (κ3) is 3.49. The van der Waals surface area contributed by atoms with Crippen LogP contribution in [0.25, 0.3) is 0 Å². The monoisotopic (exact) mass is 260 g/mol. The number of fused-ring (bicyclic) bond motifs is 1. The average Bonchev–Trinajstić information content (AvgIpc) is 2.86. The lowest BCUT2D eigenvalue weighted by Gasteiger charge is -2.15. The summed E-state index contributed by atoms with van der Waals surface area (Å²) in [7, 11) is 0. The van der Waals surface area contributed by atoms with E-state index in [1.54, 1.807) is 0 Å². The predicted molar refractivity (Wildman–Crippen MR) is 80.6 cm³/mol. The third-order valence-corrected chi connectivity index (χ3v) is 3.73. The van der Waals surface area contributed by atoms with Crippen molar-refractivity contribution in [2.24, 2.45) is 5.92 Å². The first kappa shape index (κ1) is 13.9. The molecule has 0 saturated heterocycles. The van der Waals surface area contributed by atoms with Crippen molar-refractivity contribution in [2.75, 3.05) is 17.2 Å². The number of hydrogen-bond acceptors (Lipinski definition) is 2. The topological polar surface area (TPSA) is 41.1 Å². The van der Waals surface area contributed by atoms with E-state index in [-0.39, 0.29) is 11.8 Å². The molecule has 1 heterocycles. The Morgan fingerprint density at radius 3 is 2.74 bits per heavy atom. The molecule has 104 valence electrons. The number of carbonyl (C=O) groups is 1. The van der Waals surface area contributed by atoms with Crippen LogP contribution in [0.3, 0.4) is 0 Å². The Bertz CT molecular complexity index is 436. The zero-order valence-corrected chi connectivity index (χ0v) is 12.0. The van der Waals surface area contributed by atoms with Crippen LogP contribution in [0.15, 0.2) is 18.2 Å². The molecule has 0 aromatic heterocycles. The molecule has 0 bridgehead atoms. The van der Waals surface area contributed by atoms with E-state index in [1.165, 1.54) is 11.3 Å². The lowest BCUT2D eigenvalue weighted by atomic mass is 9.97. The van der Waals surface area contributed by atoms with Crippen LogP contribution in [-0.2, 0) is 11.2 Å². The lowest BCUT2D eigenvalue weighted by molar-refractivity contribution is -0.120. The van der Waals surface area contributed by atoms with Gasteiger partial charge >= 0.3 is 0 Å². The van der Waals surface area contributed by atoms with Crippen LogP contribution in [0.2, 0.25) is 0 Å². The van der Waals surface area contributed by atoms with E-state index >= 15 is 0 Å². The van der Waals surface area contributed by atoms with Gasteiger partial charge < -0.3 is 10.6 Å². The minimum absolute atomic E-state index is 0.154. The summed E-state index contributed by atoms with van der Waals surface area (Å²) in [5.41, 5.74) is 3.45. The Kier molecular flexibility index (Phi) is 4.83. The van der Waals surface area contributed by atoms with E-state index < -0.39 is 0 Å². The molecule has 2 rings (SSSR count). The summed E-state index contributed by atoms with van der Waals surface area (Å²) < 4.78 is 0. The second kappa shape index (κ2) is 6.60. The highest BCUT2D eigenvalue weighted by atomic mass is 16.1. The maximum atomic E-state index is 12.3. The number of benzene rings is 1. The van der Waals surface area contributed by atoms with Crippen molar-refractivity contribution in [1.82, 2.24) is 0 Å². The molecular formula is C16H24N2O. The van der Waals surface area contributed by atoms with Gasteiger partial charge in [0.05, 0.1) is 0 Å².